The van der Waals surface area contributed by atoms with Crippen LogP contribution in [0.25, 0.3) is 16.1 Å². The molecule has 0 fully saturated rings. The minimum atomic E-state index is -4.79. The van der Waals surface area contributed by atoms with Crippen LogP contribution in [0.5, 0.6) is 0 Å². The van der Waals surface area contributed by atoms with E-state index in [4.69, 9.17) is 6.57 Å². The Balaban J connectivity index is 2.30. The average Bonchev–Trinajstić information content (AvgIpc) is 2.63. The fourth-order valence-corrected chi connectivity index (χ4v) is 2.96. The number of aromatic nitrogens is 1. The topological polar surface area (TPSA) is 26.4 Å². The van der Waals surface area contributed by atoms with Gasteiger partial charge in [0.15, 0.2) is 0 Å². The molecule has 0 aliphatic rings. The van der Waals surface area contributed by atoms with Crippen LogP contribution >= 0.6 is 0 Å². The Morgan fingerprint density at radius 2 is 1.74 bits per heavy atom. The monoisotopic (exact) mass is 368 g/mol. The molecule has 0 radical (unpaired) electrons. The maximum atomic E-state index is 13.4. The van der Waals surface area contributed by atoms with Crippen molar-refractivity contribution in [3.8, 4) is 11.3 Å². The van der Waals surface area contributed by atoms with E-state index in [2.05, 4.69) is 4.85 Å². The van der Waals surface area contributed by atoms with E-state index in [1.165, 1.54) is 4.57 Å². The maximum absolute atomic E-state index is 13.4. The summed E-state index contributed by atoms with van der Waals surface area (Å²) in [5.74, 6) is 0. The normalized spacial score (nSPS) is 11.2. The third-order valence-electron chi connectivity index (χ3n) is 4.18. The minimum Gasteiger partial charge on any atom is -0.313 e. The van der Waals surface area contributed by atoms with Crippen molar-refractivity contribution in [3.05, 3.63) is 99.1 Å². The predicted molar refractivity (Wildman–Crippen MR) is 97.7 cm³/mol. The standard InChI is InChI=1S/C21H15F3N2O/c1-14-7-6-8-15(11-14)13-26-18(16-9-4-3-5-10-16)12-17(21(22,23)24)19(25-2)20(26)27/h3-12H,13H2,1H3. The van der Waals surface area contributed by atoms with E-state index in [0.29, 0.717) is 5.56 Å². The molecular weight excluding hydrogens is 353 g/mol. The van der Waals surface area contributed by atoms with Crippen molar-refractivity contribution in [1.82, 2.24) is 4.57 Å². The van der Waals surface area contributed by atoms with Gasteiger partial charge in [-0.05, 0) is 24.1 Å². The van der Waals surface area contributed by atoms with Crippen LogP contribution in [0, 0.1) is 13.5 Å². The lowest BCUT2D eigenvalue weighted by atomic mass is 10.1. The molecule has 6 heteroatoms. The summed E-state index contributed by atoms with van der Waals surface area (Å²) in [4.78, 5) is 15.7. The highest BCUT2D eigenvalue weighted by Crippen LogP contribution is 2.37. The Morgan fingerprint density at radius 3 is 2.33 bits per heavy atom. The van der Waals surface area contributed by atoms with E-state index in [1.54, 1.807) is 36.4 Å². The Bertz CT molecular complexity index is 1080. The number of aryl methyl sites for hydroxylation is 1. The van der Waals surface area contributed by atoms with Gasteiger partial charge in [-0.2, -0.15) is 13.2 Å². The minimum absolute atomic E-state index is 0.0748. The highest BCUT2D eigenvalue weighted by Gasteiger charge is 2.36. The molecule has 0 saturated heterocycles. The smallest absolute Gasteiger partial charge is 0.313 e. The van der Waals surface area contributed by atoms with E-state index in [-0.39, 0.29) is 12.2 Å². The van der Waals surface area contributed by atoms with Crippen LogP contribution in [0.15, 0.2) is 65.5 Å². The zero-order chi connectivity index (χ0) is 19.6. The van der Waals surface area contributed by atoms with Gasteiger partial charge >= 0.3 is 6.18 Å². The number of hydrogen-bond donors (Lipinski definition) is 0. The van der Waals surface area contributed by atoms with E-state index >= 15 is 0 Å². The fraction of sp³-hybridized carbons (Fsp3) is 0.143. The first-order valence-electron chi connectivity index (χ1n) is 8.14. The molecule has 0 aliphatic heterocycles. The Morgan fingerprint density at radius 1 is 1.04 bits per heavy atom. The molecule has 0 amide bonds. The first-order chi connectivity index (χ1) is 12.8. The maximum Gasteiger partial charge on any atom is 0.407 e. The van der Waals surface area contributed by atoms with Gasteiger partial charge in [0.1, 0.15) is 0 Å². The van der Waals surface area contributed by atoms with Crippen LogP contribution < -0.4 is 5.56 Å². The molecule has 2 aromatic carbocycles. The molecule has 0 bridgehead atoms. The lowest BCUT2D eigenvalue weighted by molar-refractivity contribution is -0.136. The van der Waals surface area contributed by atoms with Gasteiger partial charge in [0.05, 0.1) is 12.1 Å². The van der Waals surface area contributed by atoms with Crippen molar-refractivity contribution in [2.75, 3.05) is 0 Å². The Kier molecular flexibility index (Phi) is 4.87. The second-order valence-corrected chi connectivity index (χ2v) is 6.15. The summed E-state index contributed by atoms with van der Waals surface area (Å²) in [6.07, 6.45) is -4.79. The zero-order valence-electron chi connectivity index (χ0n) is 14.4. The summed E-state index contributed by atoms with van der Waals surface area (Å²) < 4.78 is 41.5. The van der Waals surface area contributed by atoms with Crippen LogP contribution in [-0.2, 0) is 12.7 Å². The molecule has 1 heterocycles. The van der Waals surface area contributed by atoms with Crippen molar-refractivity contribution in [2.24, 2.45) is 0 Å². The van der Waals surface area contributed by atoms with Crippen molar-refractivity contribution in [1.29, 1.82) is 0 Å². The Labute approximate surface area is 154 Å². The van der Waals surface area contributed by atoms with Gasteiger partial charge in [-0.1, -0.05) is 60.2 Å². The average molecular weight is 368 g/mol. The number of nitrogens with zero attached hydrogens (tertiary/aromatic N) is 2. The third kappa shape index (κ3) is 3.77. The molecule has 0 unspecified atom stereocenters. The van der Waals surface area contributed by atoms with Gasteiger partial charge in [0.25, 0.3) is 11.2 Å². The summed E-state index contributed by atoms with van der Waals surface area (Å²) in [5, 5.41) is 0. The second kappa shape index (κ2) is 7.12. The lowest BCUT2D eigenvalue weighted by Gasteiger charge is -2.18. The summed E-state index contributed by atoms with van der Waals surface area (Å²) in [7, 11) is 0. The van der Waals surface area contributed by atoms with Crippen LogP contribution in [0.2, 0.25) is 0 Å². The largest absolute Gasteiger partial charge is 0.407 e. The first-order valence-corrected chi connectivity index (χ1v) is 8.14. The summed E-state index contributed by atoms with van der Waals surface area (Å²) in [6, 6.07) is 16.6. The number of benzene rings is 2. The fourth-order valence-electron chi connectivity index (χ4n) is 2.96. The van der Waals surface area contributed by atoms with Crippen molar-refractivity contribution in [3.63, 3.8) is 0 Å². The highest BCUT2D eigenvalue weighted by molar-refractivity contribution is 5.66. The van der Waals surface area contributed by atoms with Crippen LogP contribution in [0.3, 0.4) is 0 Å². The van der Waals surface area contributed by atoms with Gasteiger partial charge in [-0.25, -0.2) is 4.85 Å². The molecule has 3 nitrogen and oxygen atoms in total. The number of rotatable bonds is 3. The van der Waals surface area contributed by atoms with E-state index in [0.717, 1.165) is 17.2 Å². The van der Waals surface area contributed by atoms with Crippen molar-refractivity contribution < 1.29 is 13.2 Å². The molecule has 3 aromatic rings. The van der Waals surface area contributed by atoms with Crippen molar-refractivity contribution in [2.45, 2.75) is 19.6 Å². The number of hydrogen-bond acceptors (Lipinski definition) is 1. The van der Waals surface area contributed by atoms with Gasteiger partial charge < -0.3 is 4.57 Å². The molecular formula is C21H15F3N2O. The lowest BCUT2D eigenvalue weighted by Crippen LogP contribution is -2.25. The van der Waals surface area contributed by atoms with E-state index in [1.807, 2.05) is 25.1 Å². The molecule has 136 valence electrons. The number of alkyl halides is 3. The van der Waals surface area contributed by atoms with Gasteiger partial charge in [-0.15, -0.1) is 0 Å². The molecule has 27 heavy (non-hydrogen) atoms. The van der Waals surface area contributed by atoms with E-state index < -0.39 is 23.0 Å². The third-order valence-corrected chi connectivity index (χ3v) is 4.18. The first kappa shape index (κ1) is 18.5. The predicted octanol–water partition coefficient (Wildman–Crippen LogP) is 5.44. The number of pyridine rings is 1. The SMILES string of the molecule is [C-]#[N+]c1c(C(F)(F)F)cc(-c2ccccc2)n(Cc2cccc(C)c2)c1=O. The molecule has 0 atom stereocenters. The second-order valence-electron chi connectivity index (χ2n) is 6.15. The van der Waals surface area contributed by atoms with Crippen LogP contribution in [0.4, 0.5) is 18.9 Å². The summed E-state index contributed by atoms with van der Waals surface area (Å²) in [6.45, 7) is 9.07. The summed E-state index contributed by atoms with van der Waals surface area (Å²) in [5.41, 5.74) is -0.716. The van der Waals surface area contributed by atoms with Gasteiger partial charge in [-0.3, -0.25) is 4.79 Å². The van der Waals surface area contributed by atoms with E-state index in [9.17, 15) is 18.0 Å². The molecule has 1 aromatic heterocycles. The van der Waals surface area contributed by atoms with Crippen LogP contribution in [-0.4, -0.2) is 4.57 Å². The highest BCUT2D eigenvalue weighted by atomic mass is 19.4. The van der Waals surface area contributed by atoms with Gasteiger partial charge in [0, 0.05) is 12.2 Å². The van der Waals surface area contributed by atoms with Crippen LogP contribution in [0.1, 0.15) is 16.7 Å². The molecule has 0 aliphatic carbocycles. The molecule has 0 N–H and O–H groups in total. The quantitative estimate of drug-likeness (QED) is 0.565. The number of halogens is 3. The molecule has 3 rings (SSSR count). The molecule has 0 spiro atoms. The van der Waals surface area contributed by atoms with Gasteiger partial charge in [0.2, 0.25) is 0 Å². The van der Waals surface area contributed by atoms with Crippen molar-refractivity contribution >= 4 is 5.69 Å². The Hall–Kier alpha value is -3.33. The zero-order valence-corrected chi connectivity index (χ0v) is 14.4. The summed E-state index contributed by atoms with van der Waals surface area (Å²) >= 11 is 0. The molecule has 0 saturated carbocycles.